The predicted octanol–water partition coefficient (Wildman–Crippen LogP) is 3.25. The second-order valence-electron chi connectivity index (χ2n) is 5.20. The highest BCUT2D eigenvalue weighted by Crippen LogP contribution is 2.20. The largest absolute Gasteiger partial charge is 0.376 e. The van der Waals surface area contributed by atoms with E-state index in [1.165, 1.54) is 25.1 Å². The Kier molecular flexibility index (Phi) is 5.89. The van der Waals surface area contributed by atoms with Crippen molar-refractivity contribution in [2.24, 2.45) is 0 Å². The SMILES string of the molecule is CCN(C(=O)CNc1ccc(F)c(NC(C)=O)c1)c1ccccc1. The van der Waals surface area contributed by atoms with Gasteiger partial charge < -0.3 is 15.5 Å². The zero-order valence-electron chi connectivity index (χ0n) is 13.7. The van der Waals surface area contributed by atoms with E-state index in [1.807, 2.05) is 37.3 Å². The minimum absolute atomic E-state index is 0.0634. The molecule has 5 nitrogen and oxygen atoms in total. The van der Waals surface area contributed by atoms with Crippen LogP contribution in [0.25, 0.3) is 0 Å². The maximum atomic E-state index is 13.6. The molecule has 0 spiro atoms. The Morgan fingerprint density at radius 1 is 1.12 bits per heavy atom. The van der Waals surface area contributed by atoms with Gasteiger partial charge in [-0.1, -0.05) is 18.2 Å². The van der Waals surface area contributed by atoms with Gasteiger partial charge in [-0.3, -0.25) is 9.59 Å². The molecule has 2 amide bonds. The Bertz CT molecular complexity index is 719. The van der Waals surface area contributed by atoms with Crippen LogP contribution in [0, 0.1) is 5.82 Å². The quantitative estimate of drug-likeness (QED) is 0.855. The highest BCUT2D eigenvalue weighted by molar-refractivity contribution is 5.96. The number of benzene rings is 2. The van der Waals surface area contributed by atoms with Crippen LogP contribution in [0.4, 0.5) is 21.5 Å². The molecule has 0 aliphatic heterocycles. The molecule has 24 heavy (non-hydrogen) atoms. The fraction of sp³-hybridized carbons (Fsp3) is 0.222. The van der Waals surface area contributed by atoms with Crippen molar-refractivity contribution in [2.75, 3.05) is 28.6 Å². The van der Waals surface area contributed by atoms with Crippen LogP contribution >= 0.6 is 0 Å². The Morgan fingerprint density at radius 2 is 1.83 bits per heavy atom. The molecule has 0 aliphatic rings. The van der Waals surface area contributed by atoms with Gasteiger partial charge in [0.05, 0.1) is 12.2 Å². The lowest BCUT2D eigenvalue weighted by Gasteiger charge is -2.21. The van der Waals surface area contributed by atoms with Crippen molar-refractivity contribution in [3.63, 3.8) is 0 Å². The summed E-state index contributed by atoms with van der Waals surface area (Å²) < 4.78 is 13.6. The first-order chi connectivity index (χ1) is 11.5. The van der Waals surface area contributed by atoms with E-state index in [0.29, 0.717) is 12.2 Å². The summed E-state index contributed by atoms with van der Waals surface area (Å²) in [5.74, 6) is -0.987. The highest BCUT2D eigenvalue weighted by Gasteiger charge is 2.13. The van der Waals surface area contributed by atoms with E-state index in [9.17, 15) is 14.0 Å². The summed E-state index contributed by atoms with van der Waals surface area (Å²) >= 11 is 0. The second kappa shape index (κ2) is 8.10. The molecule has 0 bridgehead atoms. The summed E-state index contributed by atoms with van der Waals surface area (Å²) in [6.07, 6.45) is 0. The van der Waals surface area contributed by atoms with Crippen molar-refractivity contribution in [3.05, 3.63) is 54.3 Å². The third-order valence-corrected chi connectivity index (χ3v) is 3.41. The zero-order chi connectivity index (χ0) is 17.5. The molecule has 126 valence electrons. The minimum atomic E-state index is -0.526. The van der Waals surface area contributed by atoms with Crippen LogP contribution < -0.4 is 15.5 Å². The molecular formula is C18H20FN3O2. The number of hydrogen-bond acceptors (Lipinski definition) is 3. The number of carbonyl (C=O) groups is 2. The van der Waals surface area contributed by atoms with Gasteiger partial charge in [0.2, 0.25) is 11.8 Å². The Hall–Kier alpha value is -2.89. The number of anilines is 3. The van der Waals surface area contributed by atoms with Crippen LogP contribution in [0.15, 0.2) is 48.5 Å². The van der Waals surface area contributed by atoms with Gasteiger partial charge in [0, 0.05) is 24.8 Å². The second-order valence-corrected chi connectivity index (χ2v) is 5.20. The number of nitrogens with one attached hydrogen (secondary N) is 2. The molecule has 0 unspecified atom stereocenters. The molecule has 0 radical (unpaired) electrons. The first-order valence-corrected chi connectivity index (χ1v) is 7.67. The van der Waals surface area contributed by atoms with E-state index in [4.69, 9.17) is 0 Å². The molecule has 0 saturated carbocycles. The van der Waals surface area contributed by atoms with E-state index in [-0.39, 0.29) is 24.0 Å². The van der Waals surface area contributed by atoms with Crippen molar-refractivity contribution in [1.29, 1.82) is 0 Å². The standard InChI is InChI=1S/C18H20FN3O2/c1-3-22(15-7-5-4-6-8-15)18(24)12-20-14-9-10-16(19)17(11-14)21-13(2)23/h4-11,20H,3,12H2,1-2H3,(H,21,23). The Morgan fingerprint density at radius 3 is 2.46 bits per heavy atom. The lowest BCUT2D eigenvalue weighted by atomic mass is 10.2. The molecule has 0 fully saturated rings. The molecule has 2 N–H and O–H groups in total. The maximum absolute atomic E-state index is 13.6. The van der Waals surface area contributed by atoms with Crippen molar-refractivity contribution >= 4 is 28.9 Å². The molecule has 0 aromatic heterocycles. The molecule has 2 aromatic carbocycles. The van der Waals surface area contributed by atoms with Crippen molar-refractivity contribution in [2.45, 2.75) is 13.8 Å². The van der Waals surface area contributed by atoms with Gasteiger partial charge in [-0.05, 0) is 37.3 Å². The number of para-hydroxylation sites is 1. The number of rotatable bonds is 6. The zero-order valence-corrected chi connectivity index (χ0v) is 13.7. The molecule has 0 atom stereocenters. The normalized spacial score (nSPS) is 10.1. The monoisotopic (exact) mass is 329 g/mol. The number of amides is 2. The maximum Gasteiger partial charge on any atom is 0.246 e. The van der Waals surface area contributed by atoms with E-state index in [0.717, 1.165) is 5.69 Å². The average Bonchev–Trinajstić information content (AvgIpc) is 2.57. The van der Waals surface area contributed by atoms with E-state index in [1.54, 1.807) is 4.90 Å². The summed E-state index contributed by atoms with van der Waals surface area (Å²) in [4.78, 5) is 25.1. The molecule has 0 aliphatic carbocycles. The third kappa shape index (κ3) is 4.55. The number of hydrogen-bond donors (Lipinski definition) is 2. The number of carbonyl (C=O) groups excluding carboxylic acids is 2. The smallest absolute Gasteiger partial charge is 0.246 e. The lowest BCUT2D eigenvalue weighted by Crippen LogP contribution is -2.35. The summed E-state index contributed by atoms with van der Waals surface area (Å²) in [6, 6.07) is 13.6. The van der Waals surface area contributed by atoms with Crippen LogP contribution in [0.3, 0.4) is 0 Å². The van der Waals surface area contributed by atoms with Gasteiger partial charge in [-0.15, -0.1) is 0 Å². The third-order valence-electron chi connectivity index (χ3n) is 3.41. The van der Waals surface area contributed by atoms with Crippen molar-refractivity contribution in [1.82, 2.24) is 0 Å². The summed E-state index contributed by atoms with van der Waals surface area (Å²) in [5, 5.41) is 5.37. The van der Waals surface area contributed by atoms with Crippen LogP contribution in [-0.4, -0.2) is 24.9 Å². The lowest BCUT2D eigenvalue weighted by molar-refractivity contribution is -0.117. The van der Waals surface area contributed by atoms with E-state index >= 15 is 0 Å². The summed E-state index contributed by atoms with van der Waals surface area (Å²) in [5.41, 5.74) is 1.46. The molecule has 6 heteroatoms. The minimum Gasteiger partial charge on any atom is -0.376 e. The predicted molar refractivity (Wildman–Crippen MR) is 93.7 cm³/mol. The van der Waals surface area contributed by atoms with Gasteiger partial charge in [0.1, 0.15) is 5.82 Å². The molecular weight excluding hydrogens is 309 g/mol. The highest BCUT2D eigenvalue weighted by atomic mass is 19.1. The van der Waals surface area contributed by atoms with Gasteiger partial charge in [-0.25, -0.2) is 4.39 Å². The van der Waals surface area contributed by atoms with Crippen LogP contribution in [0.2, 0.25) is 0 Å². The Labute approximate surface area is 140 Å². The van der Waals surface area contributed by atoms with Crippen LogP contribution in [-0.2, 0) is 9.59 Å². The fourth-order valence-electron chi connectivity index (χ4n) is 2.30. The number of likely N-dealkylation sites (N-methyl/N-ethyl adjacent to an activating group) is 1. The van der Waals surface area contributed by atoms with Crippen molar-refractivity contribution < 1.29 is 14.0 Å². The van der Waals surface area contributed by atoms with E-state index < -0.39 is 5.82 Å². The Balaban J connectivity index is 2.04. The van der Waals surface area contributed by atoms with E-state index in [2.05, 4.69) is 10.6 Å². The first kappa shape index (κ1) is 17.5. The number of halogens is 1. The fourth-order valence-corrected chi connectivity index (χ4v) is 2.30. The average molecular weight is 329 g/mol. The molecule has 2 aromatic rings. The first-order valence-electron chi connectivity index (χ1n) is 7.67. The summed E-state index contributed by atoms with van der Waals surface area (Å²) in [6.45, 7) is 3.82. The van der Waals surface area contributed by atoms with Crippen molar-refractivity contribution in [3.8, 4) is 0 Å². The van der Waals surface area contributed by atoms with Gasteiger partial charge in [0.25, 0.3) is 0 Å². The summed E-state index contributed by atoms with van der Waals surface area (Å²) in [7, 11) is 0. The van der Waals surface area contributed by atoms with Crippen LogP contribution in [0.1, 0.15) is 13.8 Å². The molecule has 0 saturated heterocycles. The van der Waals surface area contributed by atoms with Gasteiger partial charge >= 0.3 is 0 Å². The topological polar surface area (TPSA) is 61.4 Å². The number of nitrogens with zero attached hydrogens (tertiary/aromatic N) is 1. The van der Waals surface area contributed by atoms with Gasteiger partial charge in [0.15, 0.2) is 0 Å². The van der Waals surface area contributed by atoms with Crippen LogP contribution in [0.5, 0.6) is 0 Å². The van der Waals surface area contributed by atoms with Gasteiger partial charge in [-0.2, -0.15) is 0 Å². The molecule has 2 rings (SSSR count). The molecule has 0 heterocycles.